The van der Waals surface area contributed by atoms with Crippen molar-refractivity contribution in [3.63, 3.8) is 0 Å². The van der Waals surface area contributed by atoms with Gasteiger partial charge in [0, 0.05) is 31.9 Å². The molecule has 122 valence electrons. The summed E-state index contributed by atoms with van der Waals surface area (Å²) in [5, 5.41) is 2.84. The van der Waals surface area contributed by atoms with Gasteiger partial charge in [-0.05, 0) is 23.8 Å². The van der Waals surface area contributed by atoms with Gasteiger partial charge in [-0.15, -0.1) is 0 Å². The molecule has 1 heterocycles. The SMILES string of the molecule is O=C(CCNS(=O)(=O)c1ccccc1Cl)NCc1cccnc1. The topological polar surface area (TPSA) is 88.2 Å². The Morgan fingerprint density at radius 3 is 2.65 bits per heavy atom. The molecule has 0 saturated carbocycles. The molecule has 0 saturated heterocycles. The van der Waals surface area contributed by atoms with E-state index < -0.39 is 10.0 Å². The Balaban J connectivity index is 1.80. The van der Waals surface area contributed by atoms with Crippen LogP contribution in [0.5, 0.6) is 0 Å². The van der Waals surface area contributed by atoms with Gasteiger partial charge in [-0.3, -0.25) is 9.78 Å². The van der Waals surface area contributed by atoms with Gasteiger partial charge >= 0.3 is 0 Å². The number of pyridine rings is 1. The maximum atomic E-state index is 12.1. The fraction of sp³-hybridized carbons (Fsp3) is 0.200. The van der Waals surface area contributed by atoms with E-state index in [2.05, 4.69) is 15.0 Å². The van der Waals surface area contributed by atoms with Gasteiger partial charge in [-0.2, -0.15) is 0 Å². The number of halogens is 1. The fourth-order valence-corrected chi connectivity index (χ4v) is 3.38. The smallest absolute Gasteiger partial charge is 0.242 e. The molecule has 2 aromatic rings. The summed E-state index contributed by atoms with van der Waals surface area (Å²) < 4.78 is 26.5. The number of carbonyl (C=O) groups excluding carboxylic acids is 1. The first-order valence-electron chi connectivity index (χ1n) is 6.89. The molecule has 8 heteroatoms. The zero-order valence-electron chi connectivity index (χ0n) is 12.2. The predicted molar refractivity (Wildman–Crippen MR) is 87.3 cm³/mol. The van der Waals surface area contributed by atoms with Crippen molar-refractivity contribution >= 4 is 27.5 Å². The van der Waals surface area contributed by atoms with Crippen LogP contribution in [0.15, 0.2) is 53.7 Å². The lowest BCUT2D eigenvalue weighted by Crippen LogP contribution is -2.30. The highest BCUT2D eigenvalue weighted by Gasteiger charge is 2.17. The number of sulfonamides is 1. The average molecular weight is 354 g/mol. The number of hydrogen-bond donors (Lipinski definition) is 2. The second kappa shape index (κ2) is 8.05. The number of benzene rings is 1. The quantitative estimate of drug-likeness (QED) is 0.793. The first-order valence-corrected chi connectivity index (χ1v) is 8.75. The monoisotopic (exact) mass is 353 g/mol. The Hall–Kier alpha value is -1.96. The van der Waals surface area contributed by atoms with Crippen LogP contribution in [0.4, 0.5) is 0 Å². The van der Waals surface area contributed by atoms with E-state index in [0.29, 0.717) is 6.54 Å². The van der Waals surface area contributed by atoms with Crippen molar-refractivity contribution < 1.29 is 13.2 Å². The molecule has 1 aromatic heterocycles. The van der Waals surface area contributed by atoms with Crippen molar-refractivity contribution in [3.05, 3.63) is 59.4 Å². The number of rotatable bonds is 7. The molecule has 2 N–H and O–H groups in total. The van der Waals surface area contributed by atoms with Crippen LogP contribution in [0.2, 0.25) is 5.02 Å². The Kier molecular flexibility index (Phi) is 6.09. The van der Waals surface area contributed by atoms with Crippen molar-refractivity contribution in [3.8, 4) is 0 Å². The van der Waals surface area contributed by atoms with E-state index in [9.17, 15) is 13.2 Å². The molecule has 0 aliphatic carbocycles. The van der Waals surface area contributed by atoms with Crippen LogP contribution >= 0.6 is 11.6 Å². The maximum absolute atomic E-state index is 12.1. The highest BCUT2D eigenvalue weighted by molar-refractivity contribution is 7.89. The van der Waals surface area contributed by atoms with Crippen molar-refractivity contribution in [1.29, 1.82) is 0 Å². The summed E-state index contributed by atoms with van der Waals surface area (Å²) in [6.45, 7) is 0.344. The van der Waals surface area contributed by atoms with Crippen LogP contribution in [-0.2, 0) is 21.4 Å². The van der Waals surface area contributed by atoms with E-state index in [1.54, 1.807) is 30.6 Å². The Bertz CT molecular complexity index is 767. The standard InChI is InChI=1S/C15H16ClN3O3S/c16-13-5-1-2-6-14(13)23(21,22)19-9-7-15(20)18-11-12-4-3-8-17-10-12/h1-6,8,10,19H,7,9,11H2,(H,18,20). The minimum Gasteiger partial charge on any atom is -0.352 e. The van der Waals surface area contributed by atoms with E-state index in [0.717, 1.165) is 5.56 Å². The molecule has 0 unspecified atom stereocenters. The lowest BCUT2D eigenvalue weighted by Gasteiger charge is -2.08. The summed E-state index contributed by atoms with van der Waals surface area (Å²) >= 11 is 5.86. The Morgan fingerprint density at radius 2 is 1.96 bits per heavy atom. The van der Waals surface area contributed by atoms with Gasteiger partial charge in [0.05, 0.1) is 5.02 Å². The summed E-state index contributed by atoms with van der Waals surface area (Å²) in [5.74, 6) is -0.254. The summed E-state index contributed by atoms with van der Waals surface area (Å²) in [6.07, 6.45) is 3.33. The second-order valence-corrected chi connectivity index (χ2v) is 6.86. The highest BCUT2D eigenvalue weighted by atomic mass is 35.5. The van der Waals surface area contributed by atoms with Crippen LogP contribution in [-0.4, -0.2) is 25.9 Å². The Morgan fingerprint density at radius 1 is 1.17 bits per heavy atom. The van der Waals surface area contributed by atoms with E-state index in [-0.39, 0.29) is 28.8 Å². The number of nitrogens with one attached hydrogen (secondary N) is 2. The van der Waals surface area contributed by atoms with Crippen LogP contribution in [0.3, 0.4) is 0 Å². The molecule has 0 fully saturated rings. The van der Waals surface area contributed by atoms with Crippen LogP contribution in [0.1, 0.15) is 12.0 Å². The minimum atomic E-state index is -3.73. The molecule has 6 nitrogen and oxygen atoms in total. The van der Waals surface area contributed by atoms with Crippen molar-refractivity contribution in [2.45, 2.75) is 17.9 Å². The van der Waals surface area contributed by atoms with E-state index in [1.807, 2.05) is 6.07 Å². The third-order valence-corrected chi connectivity index (χ3v) is 4.94. The molecule has 0 radical (unpaired) electrons. The zero-order valence-corrected chi connectivity index (χ0v) is 13.8. The lowest BCUT2D eigenvalue weighted by atomic mass is 10.3. The van der Waals surface area contributed by atoms with Gasteiger partial charge in [-0.1, -0.05) is 29.8 Å². The highest BCUT2D eigenvalue weighted by Crippen LogP contribution is 2.19. The second-order valence-electron chi connectivity index (χ2n) is 4.72. The van der Waals surface area contributed by atoms with Gasteiger partial charge in [0.25, 0.3) is 0 Å². The molecule has 0 aliphatic rings. The minimum absolute atomic E-state index is 0.00238. The molecule has 23 heavy (non-hydrogen) atoms. The first kappa shape index (κ1) is 17.4. The van der Waals surface area contributed by atoms with Gasteiger partial charge in [0.2, 0.25) is 15.9 Å². The van der Waals surface area contributed by atoms with Crippen molar-refractivity contribution in [1.82, 2.24) is 15.0 Å². The summed E-state index contributed by atoms with van der Waals surface area (Å²) in [6, 6.07) is 9.75. The third kappa shape index (κ3) is 5.31. The lowest BCUT2D eigenvalue weighted by molar-refractivity contribution is -0.121. The number of aromatic nitrogens is 1. The molecule has 0 aliphatic heterocycles. The average Bonchev–Trinajstić information content (AvgIpc) is 2.54. The maximum Gasteiger partial charge on any atom is 0.242 e. The summed E-state index contributed by atoms with van der Waals surface area (Å²) in [4.78, 5) is 15.7. The van der Waals surface area contributed by atoms with E-state index in [4.69, 9.17) is 11.6 Å². The van der Waals surface area contributed by atoms with Gasteiger partial charge in [-0.25, -0.2) is 13.1 Å². The van der Waals surface area contributed by atoms with Gasteiger partial charge < -0.3 is 5.32 Å². The van der Waals surface area contributed by atoms with E-state index >= 15 is 0 Å². The number of hydrogen-bond acceptors (Lipinski definition) is 4. The Labute approximate surface area is 139 Å². The molecular weight excluding hydrogens is 338 g/mol. The predicted octanol–water partition coefficient (Wildman–Crippen LogP) is 1.72. The number of carbonyl (C=O) groups is 1. The number of nitrogens with zero attached hydrogens (tertiary/aromatic N) is 1. The number of amides is 1. The van der Waals surface area contributed by atoms with Crippen LogP contribution < -0.4 is 10.0 Å². The summed E-state index contributed by atoms with van der Waals surface area (Å²) in [5.41, 5.74) is 0.873. The molecular formula is C15H16ClN3O3S. The van der Waals surface area contributed by atoms with Gasteiger partial charge in [0.1, 0.15) is 4.90 Å². The molecule has 1 aromatic carbocycles. The van der Waals surface area contributed by atoms with Crippen LogP contribution in [0, 0.1) is 0 Å². The molecule has 1 amide bonds. The first-order chi connectivity index (χ1) is 11.0. The fourth-order valence-electron chi connectivity index (χ4n) is 1.83. The van der Waals surface area contributed by atoms with E-state index in [1.165, 1.54) is 12.1 Å². The molecule has 0 bridgehead atoms. The normalized spacial score (nSPS) is 11.2. The molecule has 2 rings (SSSR count). The summed E-state index contributed by atoms with van der Waals surface area (Å²) in [7, 11) is -3.73. The molecule has 0 spiro atoms. The molecule has 0 atom stereocenters. The third-order valence-electron chi connectivity index (χ3n) is 2.98. The van der Waals surface area contributed by atoms with Crippen molar-refractivity contribution in [2.24, 2.45) is 0 Å². The zero-order chi connectivity index (χ0) is 16.7. The van der Waals surface area contributed by atoms with Crippen LogP contribution in [0.25, 0.3) is 0 Å². The van der Waals surface area contributed by atoms with Crippen molar-refractivity contribution in [2.75, 3.05) is 6.54 Å². The van der Waals surface area contributed by atoms with Gasteiger partial charge in [0.15, 0.2) is 0 Å². The largest absolute Gasteiger partial charge is 0.352 e.